The molecule has 0 aliphatic heterocycles. The van der Waals surface area contributed by atoms with E-state index in [9.17, 15) is 14.7 Å². The summed E-state index contributed by atoms with van der Waals surface area (Å²) in [6, 6.07) is 15.5. The summed E-state index contributed by atoms with van der Waals surface area (Å²) in [5, 5.41) is 11.0. The molecule has 2 aromatic carbocycles. The number of benzene rings is 2. The summed E-state index contributed by atoms with van der Waals surface area (Å²) in [6.45, 7) is 1.77. The first-order valence-electron chi connectivity index (χ1n) is 6.63. The van der Waals surface area contributed by atoms with E-state index in [1.54, 1.807) is 13.0 Å². The summed E-state index contributed by atoms with van der Waals surface area (Å²) in [5.74, 6) is -2.04. The zero-order valence-electron chi connectivity index (χ0n) is 12.6. The van der Waals surface area contributed by atoms with Gasteiger partial charge >= 0.3 is 35.5 Å². The minimum Gasteiger partial charge on any atom is -0.545 e. The molecule has 0 radical (unpaired) electrons. The quantitative estimate of drug-likeness (QED) is 0.516. The van der Waals surface area contributed by atoms with E-state index in [1.807, 2.05) is 30.3 Å². The van der Waals surface area contributed by atoms with E-state index in [4.69, 9.17) is 4.74 Å². The molecule has 0 bridgehead atoms. The van der Waals surface area contributed by atoms with E-state index in [-0.39, 0.29) is 46.8 Å². The molecule has 108 valence electrons. The standard InChI is InChI=1S/C17H16O4.Na/c1-12(11-13-7-3-2-4-8-13)21-17(20)15-10-6-5-9-14(15)16(18)19;/h2-10,12H,11H2,1H3,(H,18,19);/q;+1/p-1/t12-;/m1./s1. The average molecular weight is 306 g/mol. The summed E-state index contributed by atoms with van der Waals surface area (Å²) >= 11 is 0. The van der Waals surface area contributed by atoms with Crippen LogP contribution in [-0.4, -0.2) is 18.0 Å². The molecular weight excluding hydrogens is 291 g/mol. The number of carbonyl (C=O) groups is 2. The molecule has 1 atom stereocenters. The van der Waals surface area contributed by atoms with Crippen LogP contribution in [0.4, 0.5) is 0 Å². The van der Waals surface area contributed by atoms with Gasteiger partial charge in [-0.25, -0.2) is 4.79 Å². The second-order valence-corrected chi connectivity index (χ2v) is 4.74. The molecule has 0 aliphatic rings. The van der Waals surface area contributed by atoms with Crippen LogP contribution in [0.2, 0.25) is 0 Å². The number of aromatic carboxylic acids is 1. The van der Waals surface area contributed by atoms with Crippen molar-refractivity contribution in [3.05, 3.63) is 71.3 Å². The molecule has 0 N–H and O–H groups in total. The average Bonchev–Trinajstić information content (AvgIpc) is 2.48. The van der Waals surface area contributed by atoms with Crippen LogP contribution in [-0.2, 0) is 11.2 Å². The fourth-order valence-corrected chi connectivity index (χ4v) is 2.07. The van der Waals surface area contributed by atoms with Gasteiger partial charge in [0.05, 0.1) is 11.5 Å². The van der Waals surface area contributed by atoms with Crippen molar-refractivity contribution < 1.29 is 49.0 Å². The molecule has 22 heavy (non-hydrogen) atoms. The molecular formula is C17H15NaO4. The predicted octanol–water partition coefficient (Wildman–Crippen LogP) is -1.16. The Kier molecular flexibility index (Phi) is 7.32. The van der Waals surface area contributed by atoms with Gasteiger partial charge in [0.25, 0.3) is 0 Å². The molecule has 0 saturated carbocycles. The third-order valence-electron chi connectivity index (χ3n) is 3.04. The number of hydrogen-bond acceptors (Lipinski definition) is 4. The number of carboxylic acids is 1. The summed E-state index contributed by atoms with van der Waals surface area (Å²) in [7, 11) is 0. The number of carbonyl (C=O) groups excluding carboxylic acids is 2. The second-order valence-electron chi connectivity index (χ2n) is 4.74. The van der Waals surface area contributed by atoms with Crippen LogP contribution in [0.3, 0.4) is 0 Å². The van der Waals surface area contributed by atoms with Crippen molar-refractivity contribution in [2.45, 2.75) is 19.4 Å². The predicted molar refractivity (Wildman–Crippen MR) is 75.8 cm³/mol. The maximum absolute atomic E-state index is 12.1. The van der Waals surface area contributed by atoms with Crippen LogP contribution in [0.25, 0.3) is 0 Å². The topological polar surface area (TPSA) is 66.4 Å². The van der Waals surface area contributed by atoms with E-state index in [0.29, 0.717) is 6.42 Å². The van der Waals surface area contributed by atoms with E-state index in [0.717, 1.165) is 5.56 Å². The first-order chi connectivity index (χ1) is 10.1. The summed E-state index contributed by atoms with van der Waals surface area (Å²) in [5.41, 5.74) is 0.901. The van der Waals surface area contributed by atoms with Crippen molar-refractivity contribution in [3.8, 4) is 0 Å². The maximum Gasteiger partial charge on any atom is 1.00 e. The third-order valence-corrected chi connectivity index (χ3v) is 3.04. The van der Waals surface area contributed by atoms with Gasteiger partial charge in [0.2, 0.25) is 0 Å². The zero-order chi connectivity index (χ0) is 15.2. The Bertz CT molecular complexity index is 640. The van der Waals surface area contributed by atoms with Gasteiger partial charge in [-0.05, 0) is 18.6 Å². The summed E-state index contributed by atoms with van der Waals surface area (Å²) < 4.78 is 5.30. The van der Waals surface area contributed by atoms with Crippen molar-refractivity contribution in [2.24, 2.45) is 0 Å². The van der Waals surface area contributed by atoms with Crippen LogP contribution in [0, 0.1) is 0 Å². The minimum atomic E-state index is -1.39. The van der Waals surface area contributed by atoms with Crippen LogP contribution in [0.1, 0.15) is 33.2 Å². The summed E-state index contributed by atoms with van der Waals surface area (Å²) in [4.78, 5) is 23.0. The zero-order valence-corrected chi connectivity index (χ0v) is 14.6. The van der Waals surface area contributed by atoms with Gasteiger partial charge in [0.15, 0.2) is 0 Å². The second kappa shape index (κ2) is 8.73. The molecule has 0 aromatic heterocycles. The van der Waals surface area contributed by atoms with Gasteiger partial charge in [-0.2, -0.15) is 0 Å². The Labute approximate surface area is 151 Å². The summed E-state index contributed by atoms with van der Waals surface area (Å²) in [6.07, 6.45) is 0.217. The Morgan fingerprint density at radius 1 is 1.00 bits per heavy atom. The monoisotopic (exact) mass is 306 g/mol. The fourth-order valence-electron chi connectivity index (χ4n) is 2.07. The first-order valence-corrected chi connectivity index (χ1v) is 6.63. The van der Waals surface area contributed by atoms with E-state index < -0.39 is 11.9 Å². The van der Waals surface area contributed by atoms with Crippen LogP contribution >= 0.6 is 0 Å². The molecule has 5 heteroatoms. The van der Waals surface area contributed by atoms with Crippen LogP contribution in [0.5, 0.6) is 0 Å². The van der Waals surface area contributed by atoms with Gasteiger partial charge in [-0.3, -0.25) is 0 Å². The molecule has 0 aliphatic carbocycles. The van der Waals surface area contributed by atoms with Crippen LogP contribution < -0.4 is 34.7 Å². The minimum absolute atomic E-state index is 0. The molecule has 0 spiro atoms. The molecule has 0 unspecified atom stereocenters. The molecule has 0 fully saturated rings. The van der Waals surface area contributed by atoms with Gasteiger partial charge in [0.1, 0.15) is 6.10 Å². The number of rotatable bonds is 5. The van der Waals surface area contributed by atoms with Gasteiger partial charge in [0, 0.05) is 12.0 Å². The fraction of sp³-hybridized carbons (Fsp3) is 0.176. The molecule has 0 saturated heterocycles. The van der Waals surface area contributed by atoms with Crippen molar-refractivity contribution in [1.82, 2.24) is 0 Å². The molecule has 2 rings (SSSR count). The van der Waals surface area contributed by atoms with Crippen molar-refractivity contribution in [1.29, 1.82) is 0 Å². The smallest absolute Gasteiger partial charge is 0.545 e. The normalized spacial score (nSPS) is 11.1. The number of esters is 1. The van der Waals surface area contributed by atoms with Crippen molar-refractivity contribution >= 4 is 11.9 Å². The van der Waals surface area contributed by atoms with E-state index in [2.05, 4.69) is 0 Å². The Hall–Kier alpha value is -1.62. The van der Waals surface area contributed by atoms with Gasteiger partial charge in [-0.1, -0.05) is 48.5 Å². The molecule has 0 heterocycles. The molecule has 0 amide bonds. The Morgan fingerprint density at radius 3 is 2.14 bits per heavy atom. The van der Waals surface area contributed by atoms with Crippen LogP contribution in [0.15, 0.2) is 54.6 Å². The third kappa shape index (κ3) is 4.98. The molecule has 2 aromatic rings. The van der Waals surface area contributed by atoms with Crippen molar-refractivity contribution in [3.63, 3.8) is 0 Å². The number of ether oxygens (including phenoxy) is 1. The Morgan fingerprint density at radius 2 is 1.55 bits per heavy atom. The maximum atomic E-state index is 12.1. The number of carboxylic acid groups (broad SMARTS) is 1. The Balaban J connectivity index is 0.00000242. The van der Waals surface area contributed by atoms with Gasteiger partial charge in [-0.15, -0.1) is 0 Å². The molecule has 4 nitrogen and oxygen atoms in total. The van der Waals surface area contributed by atoms with Crippen molar-refractivity contribution in [2.75, 3.05) is 0 Å². The van der Waals surface area contributed by atoms with E-state index in [1.165, 1.54) is 18.2 Å². The number of hydrogen-bond donors (Lipinski definition) is 0. The SMILES string of the molecule is C[C@H](Cc1ccccc1)OC(=O)c1ccccc1C(=O)[O-].[Na+]. The van der Waals surface area contributed by atoms with Gasteiger partial charge < -0.3 is 14.6 Å². The largest absolute Gasteiger partial charge is 1.00 e. The van der Waals surface area contributed by atoms with E-state index >= 15 is 0 Å². The first kappa shape index (κ1) is 18.4.